The van der Waals surface area contributed by atoms with Gasteiger partial charge in [0, 0.05) is 34.4 Å². The van der Waals surface area contributed by atoms with Gasteiger partial charge in [0.1, 0.15) is 6.10 Å². The lowest BCUT2D eigenvalue weighted by molar-refractivity contribution is -0.359. The van der Waals surface area contributed by atoms with Crippen molar-refractivity contribution in [3.63, 3.8) is 0 Å². The van der Waals surface area contributed by atoms with E-state index in [1.807, 2.05) is 0 Å². The van der Waals surface area contributed by atoms with Gasteiger partial charge in [0.15, 0.2) is 0 Å². The van der Waals surface area contributed by atoms with Crippen molar-refractivity contribution in [2.75, 3.05) is 41.2 Å². The molecule has 0 aromatic heterocycles. The molecule has 1 aliphatic heterocycles. The summed E-state index contributed by atoms with van der Waals surface area (Å²) >= 11 is 0. The van der Waals surface area contributed by atoms with E-state index in [1.54, 1.807) is 21.3 Å². The number of methoxy groups -OCH3 is 3. The number of hydrogen-bond acceptors (Lipinski definition) is 5. The number of unbranched alkanes of at least 4 members (excludes halogenated alkanes) is 4. The molecule has 1 fully saturated rings. The molecule has 0 saturated carbocycles. The van der Waals surface area contributed by atoms with Crippen LogP contribution >= 0.6 is 0 Å². The minimum atomic E-state index is -0.937. The molecule has 5 heteroatoms. The Hall–Kier alpha value is -0.200. The molecule has 138 valence electrons. The molecule has 1 rings (SSSR count). The third-order valence-electron chi connectivity index (χ3n) is 4.56. The fourth-order valence-corrected chi connectivity index (χ4v) is 2.87. The zero-order valence-corrected chi connectivity index (χ0v) is 15.5. The first-order valence-corrected chi connectivity index (χ1v) is 9.04. The maximum absolute atomic E-state index is 5.70. The number of ether oxygens (including phenoxy) is 5. The standard InChI is InChI=1S/C18H36O5/c1-5-6-7-8-9-10-16(11-12-22-14-17-15-23-17)13-18(19-2,20-3)21-4/h16-17H,5-15H2,1-4H3. The summed E-state index contributed by atoms with van der Waals surface area (Å²) < 4.78 is 27.2. The molecule has 2 unspecified atom stereocenters. The van der Waals surface area contributed by atoms with Crippen LogP contribution in [0.25, 0.3) is 0 Å². The Labute approximate surface area is 142 Å². The first-order chi connectivity index (χ1) is 11.2. The molecule has 0 aromatic carbocycles. The van der Waals surface area contributed by atoms with Gasteiger partial charge >= 0.3 is 0 Å². The molecular weight excluding hydrogens is 296 g/mol. The van der Waals surface area contributed by atoms with Crippen LogP contribution in [0.4, 0.5) is 0 Å². The van der Waals surface area contributed by atoms with E-state index in [1.165, 1.54) is 32.1 Å². The monoisotopic (exact) mass is 332 g/mol. The van der Waals surface area contributed by atoms with Crippen LogP contribution in [0.1, 0.15) is 58.3 Å². The van der Waals surface area contributed by atoms with E-state index in [-0.39, 0.29) is 0 Å². The fourth-order valence-electron chi connectivity index (χ4n) is 2.87. The SMILES string of the molecule is CCCCCCCC(CCOCC1CO1)CC(OC)(OC)OC. The molecule has 23 heavy (non-hydrogen) atoms. The van der Waals surface area contributed by atoms with E-state index in [9.17, 15) is 0 Å². The second-order valence-corrected chi connectivity index (χ2v) is 6.39. The van der Waals surface area contributed by atoms with Gasteiger partial charge in [0.05, 0.1) is 13.2 Å². The fraction of sp³-hybridized carbons (Fsp3) is 1.00. The van der Waals surface area contributed by atoms with E-state index in [4.69, 9.17) is 23.7 Å². The van der Waals surface area contributed by atoms with Gasteiger partial charge in [-0.05, 0) is 12.3 Å². The van der Waals surface area contributed by atoms with Gasteiger partial charge < -0.3 is 23.7 Å². The second kappa shape index (κ2) is 12.2. The highest BCUT2D eigenvalue weighted by atomic mass is 16.9. The van der Waals surface area contributed by atoms with E-state index in [0.29, 0.717) is 18.6 Å². The molecule has 1 saturated heterocycles. The Morgan fingerprint density at radius 1 is 1.00 bits per heavy atom. The highest BCUT2D eigenvalue weighted by molar-refractivity contribution is 4.69. The summed E-state index contributed by atoms with van der Waals surface area (Å²) in [7, 11) is 4.89. The zero-order chi connectivity index (χ0) is 17.0. The predicted octanol–water partition coefficient (Wildman–Crippen LogP) is 3.75. The van der Waals surface area contributed by atoms with Crippen LogP contribution in [0.2, 0.25) is 0 Å². The van der Waals surface area contributed by atoms with E-state index in [0.717, 1.165) is 32.5 Å². The van der Waals surface area contributed by atoms with Gasteiger partial charge in [-0.1, -0.05) is 45.4 Å². The minimum absolute atomic E-state index is 0.332. The summed E-state index contributed by atoms with van der Waals surface area (Å²) in [4.78, 5) is 0. The molecule has 1 aliphatic rings. The molecule has 2 atom stereocenters. The van der Waals surface area contributed by atoms with Crippen molar-refractivity contribution in [2.24, 2.45) is 5.92 Å². The van der Waals surface area contributed by atoms with Gasteiger partial charge in [-0.2, -0.15) is 0 Å². The van der Waals surface area contributed by atoms with Crippen LogP contribution in [0.5, 0.6) is 0 Å². The van der Waals surface area contributed by atoms with Crippen LogP contribution < -0.4 is 0 Å². The maximum atomic E-state index is 5.70. The molecular formula is C18H36O5. The smallest absolute Gasteiger partial charge is 0.282 e. The van der Waals surface area contributed by atoms with Crippen LogP contribution in [0, 0.1) is 5.92 Å². The van der Waals surface area contributed by atoms with Crippen molar-refractivity contribution in [2.45, 2.75) is 70.4 Å². The third-order valence-corrected chi connectivity index (χ3v) is 4.56. The topological polar surface area (TPSA) is 49.5 Å². The van der Waals surface area contributed by atoms with Crippen molar-refractivity contribution < 1.29 is 23.7 Å². The Kier molecular flexibility index (Phi) is 11.1. The van der Waals surface area contributed by atoms with Gasteiger partial charge in [-0.3, -0.25) is 0 Å². The molecule has 0 bridgehead atoms. The lowest BCUT2D eigenvalue weighted by Gasteiger charge is -2.32. The Morgan fingerprint density at radius 2 is 1.65 bits per heavy atom. The lowest BCUT2D eigenvalue weighted by Crippen LogP contribution is -2.38. The zero-order valence-electron chi connectivity index (χ0n) is 15.5. The van der Waals surface area contributed by atoms with E-state index >= 15 is 0 Å². The van der Waals surface area contributed by atoms with Crippen molar-refractivity contribution in [3.8, 4) is 0 Å². The Bertz CT molecular complexity index is 268. The molecule has 1 heterocycles. The molecule has 0 spiro atoms. The summed E-state index contributed by atoms with van der Waals surface area (Å²) in [6.07, 6.45) is 9.68. The Balaban J connectivity index is 2.34. The summed E-state index contributed by atoms with van der Waals surface area (Å²) in [5.41, 5.74) is 0. The van der Waals surface area contributed by atoms with Crippen molar-refractivity contribution in [3.05, 3.63) is 0 Å². The first kappa shape index (κ1) is 20.8. The van der Waals surface area contributed by atoms with E-state index in [2.05, 4.69) is 6.92 Å². The maximum Gasteiger partial charge on any atom is 0.282 e. The molecule has 0 amide bonds. The van der Waals surface area contributed by atoms with Crippen molar-refractivity contribution >= 4 is 0 Å². The third kappa shape index (κ3) is 9.01. The van der Waals surface area contributed by atoms with Gasteiger partial charge in [-0.25, -0.2) is 0 Å². The largest absolute Gasteiger partial charge is 0.379 e. The lowest BCUT2D eigenvalue weighted by atomic mass is 9.93. The number of hydrogen-bond donors (Lipinski definition) is 0. The van der Waals surface area contributed by atoms with Crippen LogP contribution in [-0.4, -0.2) is 53.2 Å². The quantitative estimate of drug-likeness (QED) is 0.245. The molecule has 0 aromatic rings. The predicted molar refractivity (Wildman–Crippen MR) is 90.4 cm³/mol. The summed E-state index contributed by atoms with van der Waals surface area (Å²) in [6.45, 7) is 4.56. The normalized spacial score (nSPS) is 19.0. The highest BCUT2D eigenvalue weighted by Crippen LogP contribution is 2.28. The van der Waals surface area contributed by atoms with Crippen molar-refractivity contribution in [1.29, 1.82) is 0 Å². The van der Waals surface area contributed by atoms with Crippen LogP contribution in [0.3, 0.4) is 0 Å². The number of epoxide rings is 1. The Morgan fingerprint density at radius 3 is 2.22 bits per heavy atom. The molecule has 5 nitrogen and oxygen atoms in total. The summed E-state index contributed by atoms with van der Waals surface area (Å²) in [6, 6.07) is 0. The number of rotatable bonds is 16. The van der Waals surface area contributed by atoms with E-state index < -0.39 is 5.97 Å². The molecule has 0 radical (unpaired) electrons. The van der Waals surface area contributed by atoms with Crippen molar-refractivity contribution in [1.82, 2.24) is 0 Å². The summed E-state index contributed by atoms with van der Waals surface area (Å²) in [5, 5.41) is 0. The van der Waals surface area contributed by atoms with Crippen LogP contribution in [-0.2, 0) is 23.7 Å². The van der Waals surface area contributed by atoms with Gasteiger partial charge in [0.2, 0.25) is 0 Å². The molecule has 0 aliphatic carbocycles. The minimum Gasteiger partial charge on any atom is -0.379 e. The van der Waals surface area contributed by atoms with Gasteiger partial charge in [-0.15, -0.1) is 0 Å². The van der Waals surface area contributed by atoms with Crippen LogP contribution in [0.15, 0.2) is 0 Å². The average Bonchev–Trinajstić information content (AvgIpc) is 3.40. The first-order valence-electron chi connectivity index (χ1n) is 9.04. The summed E-state index contributed by atoms with van der Waals surface area (Å²) in [5.74, 6) is -0.468. The highest BCUT2D eigenvalue weighted by Gasteiger charge is 2.33. The molecule has 0 N–H and O–H groups in total. The van der Waals surface area contributed by atoms with Gasteiger partial charge in [0.25, 0.3) is 5.97 Å². The average molecular weight is 332 g/mol. The second-order valence-electron chi connectivity index (χ2n) is 6.39.